The van der Waals surface area contributed by atoms with Crippen LogP contribution in [0.4, 0.5) is 0 Å². The van der Waals surface area contributed by atoms with Crippen LogP contribution in [0, 0.1) is 5.92 Å². The van der Waals surface area contributed by atoms with Crippen molar-refractivity contribution in [3.63, 3.8) is 0 Å². The second kappa shape index (κ2) is 6.80. The van der Waals surface area contributed by atoms with Gasteiger partial charge in [-0.25, -0.2) is 4.98 Å². The van der Waals surface area contributed by atoms with Crippen molar-refractivity contribution in [2.75, 3.05) is 13.7 Å². The van der Waals surface area contributed by atoms with Crippen molar-refractivity contribution in [2.45, 2.75) is 39.3 Å². The summed E-state index contributed by atoms with van der Waals surface area (Å²) in [6, 6.07) is 8.87. The molecule has 1 aliphatic carbocycles. The third kappa shape index (κ3) is 3.68. The molecular formula is C18H24N2OS. The molecule has 22 heavy (non-hydrogen) atoms. The van der Waals surface area contributed by atoms with Crippen molar-refractivity contribution in [3.05, 3.63) is 35.3 Å². The minimum absolute atomic E-state index is 0.663. The number of benzene rings is 1. The topological polar surface area (TPSA) is 25.4 Å². The number of hydrogen-bond donors (Lipinski definition) is 0. The van der Waals surface area contributed by atoms with Gasteiger partial charge in [-0.05, 0) is 63.9 Å². The molecule has 1 aromatic carbocycles. The largest absolute Gasteiger partial charge is 0.494 e. The Morgan fingerprint density at radius 2 is 2.05 bits per heavy atom. The van der Waals surface area contributed by atoms with Gasteiger partial charge in [0.2, 0.25) is 0 Å². The molecule has 2 aromatic rings. The minimum atomic E-state index is 0.663. The maximum atomic E-state index is 5.49. The first-order chi connectivity index (χ1) is 10.7. The Balaban J connectivity index is 1.65. The van der Waals surface area contributed by atoms with Gasteiger partial charge in [0.15, 0.2) is 0 Å². The van der Waals surface area contributed by atoms with Crippen LogP contribution in [-0.2, 0) is 6.54 Å². The molecule has 1 saturated carbocycles. The highest BCUT2D eigenvalue weighted by atomic mass is 32.1. The monoisotopic (exact) mass is 316 g/mol. The van der Waals surface area contributed by atoms with E-state index < -0.39 is 0 Å². The van der Waals surface area contributed by atoms with Crippen LogP contribution in [0.5, 0.6) is 5.75 Å². The number of thiazole rings is 1. The van der Waals surface area contributed by atoms with E-state index >= 15 is 0 Å². The number of rotatable bonds is 7. The van der Waals surface area contributed by atoms with Gasteiger partial charge in [-0.2, -0.15) is 0 Å². The lowest BCUT2D eigenvalue weighted by Crippen LogP contribution is -2.30. The molecule has 0 saturated heterocycles. The fourth-order valence-corrected chi connectivity index (χ4v) is 3.53. The van der Waals surface area contributed by atoms with Crippen molar-refractivity contribution in [1.29, 1.82) is 0 Å². The molecule has 1 atom stereocenters. The number of aromatic nitrogens is 1. The Morgan fingerprint density at radius 1 is 1.32 bits per heavy atom. The average molecular weight is 316 g/mol. The zero-order valence-electron chi connectivity index (χ0n) is 13.6. The molecule has 1 heterocycles. The molecule has 1 unspecified atom stereocenters. The number of hydrogen-bond acceptors (Lipinski definition) is 4. The predicted molar refractivity (Wildman–Crippen MR) is 92.4 cm³/mol. The standard InChI is InChI=1S/C18H24N2OS/c1-4-21-17-9-7-15(8-10-17)18-19-16(12-22-18)11-20(3)13(2)14-5-6-14/h7-10,12-14H,4-6,11H2,1-3H3. The highest BCUT2D eigenvalue weighted by Gasteiger charge is 2.30. The molecule has 1 aromatic heterocycles. The lowest BCUT2D eigenvalue weighted by atomic mass is 10.2. The molecule has 3 nitrogen and oxygen atoms in total. The zero-order chi connectivity index (χ0) is 15.5. The van der Waals surface area contributed by atoms with Crippen molar-refractivity contribution < 1.29 is 4.74 Å². The van der Waals surface area contributed by atoms with E-state index in [9.17, 15) is 0 Å². The van der Waals surface area contributed by atoms with Crippen LogP contribution in [0.1, 0.15) is 32.4 Å². The van der Waals surface area contributed by atoms with Crippen molar-refractivity contribution in [3.8, 4) is 16.3 Å². The van der Waals surface area contributed by atoms with Gasteiger partial charge in [0, 0.05) is 23.5 Å². The summed E-state index contributed by atoms with van der Waals surface area (Å²) >= 11 is 1.72. The first-order valence-electron chi connectivity index (χ1n) is 8.05. The lowest BCUT2D eigenvalue weighted by molar-refractivity contribution is 0.224. The van der Waals surface area contributed by atoms with E-state index in [0.29, 0.717) is 12.6 Å². The van der Waals surface area contributed by atoms with Gasteiger partial charge in [0.25, 0.3) is 0 Å². The van der Waals surface area contributed by atoms with Gasteiger partial charge in [-0.1, -0.05) is 0 Å². The van der Waals surface area contributed by atoms with E-state index in [2.05, 4.69) is 36.4 Å². The number of ether oxygens (including phenoxy) is 1. The summed E-state index contributed by atoms with van der Waals surface area (Å²) in [6.45, 7) is 5.97. The summed E-state index contributed by atoms with van der Waals surface area (Å²) in [6.07, 6.45) is 2.78. The lowest BCUT2D eigenvalue weighted by Gasteiger charge is -2.23. The van der Waals surface area contributed by atoms with Gasteiger partial charge in [-0.3, -0.25) is 4.90 Å². The molecule has 3 rings (SSSR count). The molecule has 1 fully saturated rings. The Bertz CT molecular complexity index is 604. The van der Waals surface area contributed by atoms with Crippen LogP contribution in [0.25, 0.3) is 10.6 Å². The molecule has 4 heteroatoms. The van der Waals surface area contributed by atoms with Gasteiger partial charge >= 0.3 is 0 Å². The van der Waals surface area contributed by atoms with E-state index in [1.807, 2.05) is 19.1 Å². The normalized spacial score (nSPS) is 16.0. The van der Waals surface area contributed by atoms with Gasteiger partial charge in [0.05, 0.1) is 12.3 Å². The molecule has 1 aliphatic rings. The first kappa shape index (κ1) is 15.5. The molecule has 0 aliphatic heterocycles. The maximum Gasteiger partial charge on any atom is 0.123 e. The molecule has 0 amide bonds. The molecule has 0 bridgehead atoms. The predicted octanol–water partition coefficient (Wildman–Crippen LogP) is 4.44. The van der Waals surface area contributed by atoms with E-state index in [-0.39, 0.29) is 0 Å². The third-order valence-corrected chi connectivity index (χ3v) is 5.32. The highest BCUT2D eigenvalue weighted by molar-refractivity contribution is 7.13. The summed E-state index contributed by atoms with van der Waals surface area (Å²) in [5.41, 5.74) is 2.33. The Labute approximate surface area is 137 Å². The summed E-state index contributed by atoms with van der Waals surface area (Å²) in [5, 5.41) is 3.27. The van der Waals surface area contributed by atoms with E-state index in [1.165, 1.54) is 18.5 Å². The summed E-state index contributed by atoms with van der Waals surface area (Å²) in [5.74, 6) is 1.82. The average Bonchev–Trinajstić information content (AvgIpc) is 3.27. The fraction of sp³-hybridized carbons (Fsp3) is 0.500. The molecule has 0 N–H and O–H groups in total. The smallest absolute Gasteiger partial charge is 0.123 e. The van der Waals surface area contributed by atoms with Crippen LogP contribution in [0.2, 0.25) is 0 Å². The Hall–Kier alpha value is -1.39. The Kier molecular flexibility index (Phi) is 4.79. The van der Waals surface area contributed by atoms with Crippen LogP contribution >= 0.6 is 11.3 Å². The van der Waals surface area contributed by atoms with Crippen LogP contribution < -0.4 is 4.74 Å². The highest BCUT2D eigenvalue weighted by Crippen LogP contribution is 2.35. The van der Waals surface area contributed by atoms with Crippen LogP contribution in [0.15, 0.2) is 29.6 Å². The molecule has 0 radical (unpaired) electrons. The second-order valence-corrected chi connectivity index (χ2v) is 6.95. The number of nitrogens with zero attached hydrogens (tertiary/aromatic N) is 2. The quantitative estimate of drug-likeness (QED) is 0.755. The first-order valence-corrected chi connectivity index (χ1v) is 8.93. The summed E-state index contributed by atoms with van der Waals surface area (Å²) in [4.78, 5) is 7.22. The van der Waals surface area contributed by atoms with Crippen LogP contribution in [-0.4, -0.2) is 29.6 Å². The van der Waals surface area contributed by atoms with Gasteiger partial charge in [0.1, 0.15) is 10.8 Å². The Morgan fingerprint density at radius 3 is 2.68 bits per heavy atom. The second-order valence-electron chi connectivity index (χ2n) is 6.09. The van der Waals surface area contributed by atoms with Crippen molar-refractivity contribution in [2.24, 2.45) is 5.92 Å². The van der Waals surface area contributed by atoms with Crippen molar-refractivity contribution >= 4 is 11.3 Å². The molecule has 0 spiro atoms. The zero-order valence-corrected chi connectivity index (χ0v) is 14.4. The van der Waals surface area contributed by atoms with Gasteiger partial charge in [-0.15, -0.1) is 11.3 Å². The van der Waals surface area contributed by atoms with Crippen molar-refractivity contribution in [1.82, 2.24) is 9.88 Å². The van der Waals surface area contributed by atoms with E-state index in [1.54, 1.807) is 11.3 Å². The van der Waals surface area contributed by atoms with E-state index in [4.69, 9.17) is 9.72 Å². The summed E-state index contributed by atoms with van der Waals surface area (Å²) in [7, 11) is 2.21. The summed E-state index contributed by atoms with van der Waals surface area (Å²) < 4.78 is 5.49. The molecular weight excluding hydrogens is 292 g/mol. The van der Waals surface area contributed by atoms with Crippen LogP contribution in [0.3, 0.4) is 0 Å². The fourth-order valence-electron chi connectivity index (χ4n) is 2.71. The maximum absolute atomic E-state index is 5.49. The SMILES string of the molecule is CCOc1ccc(-c2nc(CN(C)C(C)C3CC3)cs2)cc1. The minimum Gasteiger partial charge on any atom is -0.494 e. The van der Waals surface area contributed by atoms with Gasteiger partial charge < -0.3 is 4.74 Å². The third-order valence-electron chi connectivity index (χ3n) is 4.37. The molecule has 118 valence electrons. The van der Waals surface area contributed by atoms with E-state index in [0.717, 1.165) is 28.8 Å².